The highest BCUT2D eigenvalue weighted by Gasteiger charge is 2.06. The fraction of sp³-hybridized carbons (Fsp3) is 0.467. The van der Waals surface area contributed by atoms with Crippen molar-refractivity contribution >= 4 is 34.8 Å². The highest BCUT2D eigenvalue weighted by atomic mass is 35.5. The first-order valence-electron chi connectivity index (χ1n) is 7.10. The third-order valence-corrected chi connectivity index (χ3v) is 3.23. The molecule has 1 aromatic carbocycles. The van der Waals surface area contributed by atoms with Crippen molar-refractivity contribution in [2.75, 3.05) is 17.2 Å². The maximum atomic E-state index is 11.8. The second kappa shape index (κ2) is 9.37. The van der Waals surface area contributed by atoms with Gasteiger partial charge in [-0.3, -0.25) is 9.59 Å². The zero-order chi connectivity index (χ0) is 15.7. The zero-order valence-electron chi connectivity index (χ0n) is 12.2. The van der Waals surface area contributed by atoms with Crippen LogP contribution in [0.15, 0.2) is 18.2 Å². The Morgan fingerprint density at radius 2 is 1.86 bits per heavy atom. The Hall–Kier alpha value is -1.59. The van der Waals surface area contributed by atoms with Gasteiger partial charge >= 0.3 is 0 Å². The number of carbonyl (C=O) groups is 2. The first kappa shape index (κ1) is 17.5. The van der Waals surface area contributed by atoms with E-state index in [1.165, 1.54) is 6.92 Å². The largest absolute Gasteiger partial charge is 0.330 e. The Balaban J connectivity index is 2.42. The van der Waals surface area contributed by atoms with Gasteiger partial charge in [-0.25, -0.2) is 0 Å². The predicted octanol–water partition coefficient (Wildman–Crippen LogP) is 3.15. The molecular weight excluding hydrogens is 290 g/mol. The van der Waals surface area contributed by atoms with Gasteiger partial charge in [0, 0.05) is 19.0 Å². The van der Waals surface area contributed by atoms with Gasteiger partial charge in [-0.05, 0) is 37.6 Å². The lowest BCUT2D eigenvalue weighted by atomic mass is 10.1. The summed E-state index contributed by atoms with van der Waals surface area (Å²) in [6.45, 7) is 2.11. The average molecular weight is 312 g/mol. The molecule has 0 radical (unpaired) electrons. The zero-order valence-corrected chi connectivity index (χ0v) is 13.0. The van der Waals surface area contributed by atoms with Gasteiger partial charge in [-0.1, -0.05) is 24.4 Å². The molecule has 0 saturated heterocycles. The summed E-state index contributed by atoms with van der Waals surface area (Å²) in [6.07, 6.45) is 4.40. The predicted molar refractivity (Wildman–Crippen MR) is 86.5 cm³/mol. The second-order valence-electron chi connectivity index (χ2n) is 4.88. The number of hydrogen-bond acceptors (Lipinski definition) is 3. The van der Waals surface area contributed by atoms with Crippen LogP contribution in [0.4, 0.5) is 11.4 Å². The molecule has 0 unspecified atom stereocenters. The average Bonchev–Trinajstić information content (AvgIpc) is 2.41. The van der Waals surface area contributed by atoms with E-state index in [0.717, 1.165) is 25.7 Å². The van der Waals surface area contributed by atoms with Crippen molar-refractivity contribution in [1.29, 1.82) is 0 Å². The van der Waals surface area contributed by atoms with Crippen molar-refractivity contribution in [2.24, 2.45) is 5.73 Å². The van der Waals surface area contributed by atoms with E-state index in [9.17, 15) is 9.59 Å². The summed E-state index contributed by atoms with van der Waals surface area (Å²) < 4.78 is 0. The molecule has 0 aliphatic carbocycles. The smallest absolute Gasteiger partial charge is 0.224 e. The molecule has 116 valence electrons. The summed E-state index contributed by atoms with van der Waals surface area (Å²) in [5.41, 5.74) is 6.57. The molecule has 0 fully saturated rings. The van der Waals surface area contributed by atoms with E-state index in [0.29, 0.717) is 29.4 Å². The number of nitrogens with one attached hydrogen (secondary N) is 2. The van der Waals surface area contributed by atoms with Crippen molar-refractivity contribution in [1.82, 2.24) is 0 Å². The van der Waals surface area contributed by atoms with Gasteiger partial charge in [-0.2, -0.15) is 0 Å². The number of rotatable bonds is 8. The summed E-state index contributed by atoms with van der Waals surface area (Å²) in [6, 6.07) is 5.00. The molecule has 6 heteroatoms. The third-order valence-electron chi connectivity index (χ3n) is 2.92. The van der Waals surface area contributed by atoms with Crippen molar-refractivity contribution in [3.63, 3.8) is 0 Å². The molecule has 0 aromatic heterocycles. The van der Waals surface area contributed by atoms with E-state index in [1.807, 2.05) is 0 Å². The molecule has 0 atom stereocenters. The first-order valence-corrected chi connectivity index (χ1v) is 7.48. The van der Waals surface area contributed by atoms with Crippen molar-refractivity contribution in [3.05, 3.63) is 23.2 Å². The second-order valence-corrected chi connectivity index (χ2v) is 5.28. The van der Waals surface area contributed by atoms with Crippen LogP contribution in [-0.2, 0) is 9.59 Å². The van der Waals surface area contributed by atoms with Crippen LogP contribution in [0.2, 0.25) is 5.02 Å². The topological polar surface area (TPSA) is 84.2 Å². The van der Waals surface area contributed by atoms with Crippen molar-refractivity contribution in [3.8, 4) is 0 Å². The summed E-state index contributed by atoms with van der Waals surface area (Å²) in [7, 11) is 0. The molecule has 21 heavy (non-hydrogen) atoms. The first-order chi connectivity index (χ1) is 10.0. The number of nitrogens with two attached hydrogens (primary N) is 1. The molecule has 4 N–H and O–H groups in total. The Bertz CT molecular complexity index is 492. The SMILES string of the molecule is CC(=O)Nc1ccc(NC(=O)CCCCCCN)cc1Cl. The van der Waals surface area contributed by atoms with Gasteiger partial charge in [-0.15, -0.1) is 0 Å². The minimum Gasteiger partial charge on any atom is -0.330 e. The van der Waals surface area contributed by atoms with E-state index in [4.69, 9.17) is 17.3 Å². The molecule has 0 saturated carbocycles. The van der Waals surface area contributed by atoms with Crippen LogP contribution in [0.5, 0.6) is 0 Å². The van der Waals surface area contributed by atoms with Gasteiger partial charge in [0.2, 0.25) is 11.8 Å². The van der Waals surface area contributed by atoms with E-state index in [2.05, 4.69) is 10.6 Å². The van der Waals surface area contributed by atoms with Crippen molar-refractivity contribution in [2.45, 2.75) is 39.0 Å². The molecule has 1 rings (SSSR count). The molecular formula is C15H22ClN3O2. The van der Waals surface area contributed by atoms with Gasteiger partial charge in [0.05, 0.1) is 10.7 Å². The van der Waals surface area contributed by atoms with E-state index >= 15 is 0 Å². The fourth-order valence-corrected chi connectivity index (χ4v) is 2.12. The highest BCUT2D eigenvalue weighted by Crippen LogP contribution is 2.25. The molecule has 0 bridgehead atoms. The van der Waals surface area contributed by atoms with Crippen molar-refractivity contribution < 1.29 is 9.59 Å². The molecule has 0 aliphatic rings. The van der Waals surface area contributed by atoms with E-state index in [-0.39, 0.29) is 11.8 Å². The Morgan fingerprint density at radius 1 is 1.14 bits per heavy atom. The van der Waals surface area contributed by atoms with E-state index in [1.54, 1.807) is 18.2 Å². The lowest BCUT2D eigenvalue weighted by molar-refractivity contribution is -0.116. The third kappa shape index (κ3) is 7.11. The van der Waals surface area contributed by atoms with Crippen LogP contribution < -0.4 is 16.4 Å². The van der Waals surface area contributed by atoms with Crippen LogP contribution in [0.1, 0.15) is 39.0 Å². The maximum Gasteiger partial charge on any atom is 0.224 e. The standard InChI is InChI=1S/C15H22ClN3O2/c1-11(20)18-14-8-7-12(10-13(14)16)19-15(21)6-4-2-3-5-9-17/h7-8,10H,2-6,9,17H2,1H3,(H,18,20)(H,19,21). The van der Waals surface area contributed by atoms with Crippen LogP contribution in [0, 0.1) is 0 Å². The molecule has 2 amide bonds. The Morgan fingerprint density at radius 3 is 2.48 bits per heavy atom. The summed E-state index contributed by atoms with van der Waals surface area (Å²) in [5.74, 6) is -0.225. The maximum absolute atomic E-state index is 11.8. The van der Waals surface area contributed by atoms with E-state index < -0.39 is 0 Å². The monoisotopic (exact) mass is 311 g/mol. The number of unbranched alkanes of at least 4 members (excludes halogenated alkanes) is 3. The number of carbonyl (C=O) groups excluding carboxylic acids is 2. The molecule has 5 nitrogen and oxygen atoms in total. The van der Waals surface area contributed by atoms with Gasteiger partial charge < -0.3 is 16.4 Å². The normalized spacial score (nSPS) is 10.2. The summed E-state index contributed by atoms with van der Waals surface area (Å²) in [4.78, 5) is 22.7. The molecule has 0 spiro atoms. The highest BCUT2D eigenvalue weighted by molar-refractivity contribution is 6.34. The van der Waals surface area contributed by atoms with Gasteiger partial charge in [0.1, 0.15) is 0 Å². The minimum atomic E-state index is -0.189. The number of hydrogen-bond donors (Lipinski definition) is 3. The summed E-state index contributed by atoms with van der Waals surface area (Å²) in [5, 5.41) is 5.80. The van der Waals surface area contributed by atoms with Gasteiger partial charge in [0.25, 0.3) is 0 Å². The lowest BCUT2D eigenvalue weighted by Gasteiger charge is -2.09. The molecule has 0 aliphatic heterocycles. The number of benzene rings is 1. The Kier molecular flexibility index (Phi) is 7.79. The number of anilines is 2. The van der Waals surface area contributed by atoms with Crippen LogP contribution in [0.25, 0.3) is 0 Å². The molecule has 1 aromatic rings. The molecule has 0 heterocycles. The van der Waals surface area contributed by atoms with Gasteiger partial charge in [0.15, 0.2) is 0 Å². The van der Waals surface area contributed by atoms with Crippen LogP contribution in [-0.4, -0.2) is 18.4 Å². The van der Waals surface area contributed by atoms with Crippen LogP contribution in [0.3, 0.4) is 0 Å². The quantitative estimate of drug-likeness (QED) is 0.645. The lowest BCUT2D eigenvalue weighted by Crippen LogP contribution is -2.11. The number of amides is 2. The number of halogens is 1. The fourth-order valence-electron chi connectivity index (χ4n) is 1.89. The Labute approximate surface area is 130 Å². The minimum absolute atomic E-state index is 0.0360. The summed E-state index contributed by atoms with van der Waals surface area (Å²) >= 11 is 6.04. The van der Waals surface area contributed by atoms with Crippen LogP contribution >= 0.6 is 11.6 Å².